The number of aromatic nitrogens is 2. The number of amides is 1. The molecule has 0 saturated heterocycles. The van der Waals surface area contributed by atoms with E-state index in [2.05, 4.69) is 20.6 Å². The van der Waals surface area contributed by atoms with E-state index in [1.165, 1.54) is 11.8 Å². The number of aliphatic hydroxyl groups excluding tert-OH is 1. The molecule has 20 heavy (non-hydrogen) atoms. The highest BCUT2D eigenvalue weighted by molar-refractivity contribution is 7.98. The van der Waals surface area contributed by atoms with E-state index in [0.717, 1.165) is 0 Å². The van der Waals surface area contributed by atoms with E-state index in [-0.39, 0.29) is 13.2 Å². The first-order valence-corrected chi connectivity index (χ1v) is 7.19. The topological polar surface area (TPSA) is 117 Å². The minimum absolute atomic E-state index is 0.139. The second-order valence-electron chi connectivity index (χ2n) is 3.66. The van der Waals surface area contributed by atoms with Gasteiger partial charge in [-0.2, -0.15) is 0 Å². The second-order valence-corrected chi connectivity index (χ2v) is 4.43. The fourth-order valence-electron chi connectivity index (χ4n) is 1.33. The SMILES string of the molecule is CSc1ncc(CO)c(NCCOCCNC(=O)O)n1. The largest absolute Gasteiger partial charge is 0.465 e. The van der Waals surface area contributed by atoms with Gasteiger partial charge in [0.1, 0.15) is 5.82 Å². The van der Waals surface area contributed by atoms with Crippen LogP contribution in [0, 0.1) is 0 Å². The normalized spacial score (nSPS) is 10.3. The van der Waals surface area contributed by atoms with Gasteiger partial charge >= 0.3 is 6.09 Å². The Morgan fingerprint density at radius 1 is 1.45 bits per heavy atom. The number of anilines is 1. The highest BCUT2D eigenvalue weighted by Gasteiger charge is 2.05. The van der Waals surface area contributed by atoms with E-state index in [0.29, 0.717) is 36.3 Å². The molecule has 1 aromatic rings. The van der Waals surface area contributed by atoms with Gasteiger partial charge < -0.3 is 25.6 Å². The second kappa shape index (κ2) is 9.34. The Bertz CT molecular complexity index is 433. The van der Waals surface area contributed by atoms with Gasteiger partial charge in [-0.1, -0.05) is 11.8 Å². The van der Waals surface area contributed by atoms with Crippen LogP contribution in [0.5, 0.6) is 0 Å². The summed E-state index contributed by atoms with van der Waals surface area (Å²) >= 11 is 1.42. The summed E-state index contributed by atoms with van der Waals surface area (Å²) < 4.78 is 5.24. The number of rotatable bonds is 9. The summed E-state index contributed by atoms with van der Waals surface area (Å²) in [7, 11) is 0. The number of nitrogens with zero attached hydrogens (tertiary/aromatic N) is 2. The van der Waals surface area contributed by atoms with Crippen molar-refractivity contribution in [2.24, 2.45) is 0 Å². The van der Waals surface area contributed by atoms with Gasteiger partial charge in [0.2, 0.25) is 0 Å². The lowest BCUT2D eigenvalue weighted by molar-refractivity contribution is 0.141. The number of nitrogens with one attached hydrogen (secondary N) is 2. The van der Waals surface area contributed by atoms with Gasteiger partial charge in [0.15, 0.2) is 5.16 Å². The number of hydrogen-bond donors (Lipinski definition) is 4. The molecule has 9 heteroatoms. The van der Waals surface area contributed by atoms with E-state index in [4.69, 9.17) is 9.84 Å². The number of hydrogen-bond acceptors (Lipinski definition) is 7. The van der Waals surface area contributed by atoms with Crippen molar-refractivity contribution >= 4 is 23.7 Å². The maximum atomic E-state index is 10.2. The molecule has 0 saturated carbocycles. The van der Waals surface area contributed by atoms with E-state index >= 15 is 0 Å². The lowest BCUT2D eigenvalue weighted by atomic mass is 10.3. The summed E-state index contributed by atoms with van der Waals surface area (Å²) in [5.74, 6) is 0.583. The molecule has 0 bridgehead atoms. The number of aliphatic hydroxyl groups is 1. The highest BCUT2D eigenvalue weighted by atomic mass is 32.2. The maximum absolute atomic E-state index is 10.2. The fourth-order valence-corrected chi connectivity index (χ4v) is 1.67. The third-order valence-corrected chi connectivity index (χ3v) is 2.82. The van der Waals surface area contributed by atoms with Crippen LogP contribution in [0.1, 0.15) is 5.56 Å². The van der Waals surface area contributed by atoms with Crippen LogP contribution in [-0.2, 0) is 11.3 Å². The molecule has 0 aliphatic heterocycles. The molecule has 0 aliphatic rings. The molecule has 0 spiro atoms. The van der Waals surface area contributed by atoms with Crippen LogP contribution in [-0.4, -0.2) is 58.8 Å². The van der Waals surface area contributed by atoms with Crippen LogP contribution in [0.2, 0.25) is 0 Å². The molecule has 4 N–H and O–H groups in total. The van der Waals surface area contributed by atoms with Gasteiger partial charge in [-0.15, -0.1) is 0 Å². The minimum atomic E-state index is -1.06. The summed E-state index contributed by atoms with van der Waals surface area (Å²) in [6.45, 7) is 1.33. The average molecular weight is 302 g/mol. The molecule has 1 amide bonds. The first-order chi connectivity index (χ1) is 9.67. The summed E-state index contributed by atoms with van der Waals surface area (Å²) in [6.07, 6.45) is 2.39. The molecule has 0 aromatic carbocycles. The van der Waals surface area contributed by atoms with E-state index < -0.39 is 6.09 Å². The van der Waals surface area contributed by atoms with Crippen molar-refractivity contribution < 1.29 is 19.7 Å². The van der Waals surface area contributed by atoms with Crippen molar-refractivity contribution in [3.63, 3.8) is 0 Å². The molecule has 0 atom stereocenters. The molecule has 1 aromatic heterocycles. The van der Waals surface area contributed by atoms with Crippen LogP contribution >= 0.6 is 11.8 Å². The number of ether oxygens (including phenoxy) is 1. The van der Waals surface area contributed by atoms with Crippen LogP contribution in [0.3, 0.4) is 0 Å². The smallest absolute Gasteiger partial charge is 0.404 e. The van der Waals surface area contributed by atoms with Crippen molar-refractivity contribution in [3.05, 3.63) is 11.8 Å². The maximum Gasteiger partial charge on any atom is 0.404 e. The van der Waals surface area contributed by atoms with Gasteiger partial charge in [0, 0.05) is 24.8 Å². The van der Waals surface area contributed by atoms with Gasteiger partial charge in [-0.05, 0) is 6.26 Å². The predicted octanol–water partition coefficient (Wildman–Crippen LogP) is 0.387. The summed E-state index contributed by atoms with van der Waals surface area (Å²) in [6, 6.07) is 0. The van der Waals surface area contributed by atoms with Crippen molar-refractivity contribution in [1.29, 1.82) is 0 Å². The molecule has 1 heterocycles. The summed E-state index contributed by atoms with van der Waals surface area (Å²) in [5.41, 5.74) is 0.621. The molecule has 8 nitrogen and oxygen atoms in total. The van der Waals surface area contributed by atoms with Crippen LogP contribution < -0.4 is 10.6 Å². The Hall–Kier alpha value is -1.58. The Morgan fingerprint density at radius 2 is 2.20 bits per heavy atom. The third kappa shape index (κ3) is 6.04. The predicted molar refractivity (Wildman–Crippen MR) is 75.1 cm³/mol. The van der Waals surface area contributed by atoms with E-state index in [1.54, 1.807) is 6.20 Å². The van der Waals surface area contributed by atoms with Crippen LogP contribution in [0.25, 0.3) is 0 Å². The molecule has 0 aliphatic carbocycles. The molecule has 0 radical (unpaired) electrons. The molecule has 112 valence electrons. The fraction of sp³-hybridized carbons (Fsp3) is 0.545. The van der Waals surface area contributed by atoms with Crippen molar-refractivity contribution in [2.75, 3.05) is 37.9 Å². The molecule has 1 rings (SSSR count). The van der Waals surface area contributed by atoms with Crippen LogP contribution in [0.4, 0.5) is 10.6 Å². The Morgan fingerprint density at radius 3 is 2.85 bits per heavy atom. The van der Waals surface area contributed by atoms with Gasteiger partial charge in [0.05, 0.1) is 19.8 Å². The Balaban J connectivity index is 2.28. The molecular weight excluding hydrogens is 284 g/mol. The zero-order chi connectivity index (χ0) is 14.8. The Kier molecular flexibility index (Phi) is 7.70. The van der Waals surface area contributed by atoms with Crippen molar-refractivity contribution in [2.45, 2.75) is 11.8 Å². The van der Waals surface area contributed by atoms with Gasteiger partial charge in [0.25, 0.3) is 0 Å². The van der Waals surface area contributed by atoms with Crippen LogP contribution in [0.15, 0.2) is 11.4 Å². The van der Waals surface area contributed by atoms with Crippen molar-refractivity contribution in [1.82, 2.24) is 15.3 Å². The monoisotopic (exact) mass is 302 g/mol. The summed E-state index contributed by atoms with van der Waals surface area (Å²) in [5, 5.41) is 23.4. The standard InChI is InChI=1S/C11H18N4O4S/c1-20-10-14-6-8(7-16)9(15-10)12-2-4-19-5-3-13-11(17)18/h6,13,16H,2-5,7H2,1H3,(H,17,18)(H,12,14,15). The van der Waals surface area contributed by atoms with Gasteiger partial charge in [-0.25, -0.2) is 14.8 Å². The summed E-state index contributed by atoms with van der Waals surface area (Å²) in [4.78, 5) is 18.5. The highest BCUT2D eigenvalue weighted by Crippen LogP contribution is 2.16. The quantitative estimate of drug-likeness (QED) is 0.294. The van der Waals surface area contributed by atoms with Gasteiger partial charge in [-0.3, -0.25) is 0 Å². The lowest BCUT2D eigenvalue weighted by Gasteiger charge is -2.10. The number of carboxylic acid groups (broad SMARTS) is 1. The zero-order valence-corrected chi connectivity index (χ0v) is 11.9. The van der Waals surface area contributed by atoms with Crippen molar-refractivity contribution in [3.8, 4) is 0 Å². The third-order valence-electron chi connectivity index (χ3n) is 2.26. The Labute approximate surface area is 121 Å². The first kappa shape index (κ1) is 16.5. The first-order valence-electron chi connectivity index (χ1n) is 5.96. The molecule has 0 unspecified atom stereocenters. The van der Waals surface area contributed by atoms with E-state index in [1.807, 2.05) is 6.26 Å². The minimum Gasteiger partial charge on any atom is -0.465 e. The van der Waals surface area contributed by atoms with E-state index in [9.17, 15) is 9.90 Å². The lowest BCUT2D eigenvalue weighted by Crippen LogP contribution is -2.26. The average Bonchev–Trinajstić information content (AvgIpc) is 2.45. The molecule has 0 fully saturated rings. The molecular formula is C11H18N4O4S. The zero-order valence-electron chi connectivity index (χ0n) is 11.1. The number of thioether (sulfide) groups is 1. The number of carbonyl (C=O) groups is 1.